The van der Waals surface area contributed by atoms with Crippen LogP contribution in [0.25, 0.3) is 0 Å². The summed E-state index contributed by atoms with van der Waals surface area (Å²) in [7, 11) is 0. The van der Waals surface area contributed by atoms with Gasteiger partial charge >= 0.3 is 0 Å². The molecule has 0 heterocycles. The molecule has 0 amide bonds. The highest BCUT2D eigenvalue weighted by Crippen LogP contribution is 2.65. The first-order valence-corrected chi connectivity index (χ1v) is 10.1. The van der Waals surface area contributed by atoms with E-state index in [0.29, 0.717) is 23.3 Å². The maximum Gasteiger partial charge on any atom is 0.292 e. The highest BCUT2D eigenvalue weighted by molar-refractivity contribution is 5.47. The molecule has 0 aliphatic heterocycles. The van der Waals surface area contributed by atoms with Gasteiger partial charge in [-0.2, -0.15) is 0 Å². The summed E-state index contributed by atoms with van der Waals surface area (Å²) in [5.41, 5.74) is 2.63. The van der Waals surface area contributed by atoms with Crippen LogP contribution in [0.3, 0.4) is 0 Å². The van der Waals surface area contributed by atoms with Crippen LogP contribution in [0.4, 0.5) is 0 Å². The van der Waals surface area contributed by atoms with Crippen molar-refractivity contribution in [2.45, 2.75) is 37.5 Å². The Balaban J connectivity index is 1.63. The second-order valence-corrected chi connectivity index (χ2v) is 8.61. The molecule has 0 saturated heterocycles. The van der Waals surface area contributed by atoms with Crippen molar-refractivity contribution >= 4 is 0 Å². The molecule has 4 aliphatic carbocycles. The van der Waals surface area contributed by atoms with Crippen LogP contribution >= 0.6 is 0 Å². The molecule has 0 atom stereocenters. The van der Waals surface area contributed by atoms with Crippen LogP contribution in [0, 0.1) is 46.7 Å². The third kappa shape index (κ3) is 2.49. The second-order valence-electron chi connectivity index (χ2n) is 8.61. The molecular weight excluding hydrogens is 348 g/mol. The Kier molecular flexibility index (Phi) is 4.02. The molecule has 0 N–H and O–H groups in total. The molecule has 140 valence electrons. The highest BCUT2D eigenvalue weighted by atomic mass is 16.5. The molecule has 2 aromatic carbocycles. The molecule has 4 saturated carbocycles. The van der Waals surface area contributed by atoms with Gasteiger partial charge in [0, 0.05) is 5.41 Å². The summed E-state index contributed by atoms with van der Waals surface area (Å²) < 4.78 is 10.0. The Morgan fingerprint density at radius 1 is 0.643 bits per heavy atom. The Bertz CT molecular complexity index is 861. The summed E-state index contributed by atoms with van der Waals surface area (Å²) >= 11 is 0. The Hall–Kier alpha value is -2.98. The summed E-state index contributed by atoms with van der Waals surface area (Å²) in [5.74, 6) is 4.19. The van der Waals surface area contributed by atoms with Crippen molar-refractivity contribution in [3.63, 3.8) is 0 Å². The zero-order valence-electron chi connectivity index (χ0n) is 15.7. The highest BCUT2D eigenvalue weighted by Gasteiger charge is 2.58. The van der Waals surface area contributed by atoms with E-state index in [1.165, 1.54) is 43.2 Å². The first-order chi connectivity index (χ1) is 13.7. The lowest BCUT2D eigenvalue weighted by atomic mass is 9.42. The van der Waals surface area contributed by atoms with Crippen LogP contribution in [-0.2, 0) is 5.41 Å². The van der Waals surface area contributed by atoms with Crippen molar-refractivity contribution < 1.29 is 9.47 Å². The number of ether oxygens (including phenoxy) is 2. The summed E-state index contributed by atoms with van der Waals surface area (Å²) in [6.45, 7) is 0. The minimum absolute atomic E-state index is 0.0102. The van der Waals surface area contributed by atoms with Gasteiger partial charge in [0.25, 0.3) is 12.5 Å². The van der Waals surface area contributed by atoms with Crippen molar-refractivity contribution in [1.29, 1.82) is 10.5 Å². The molecule has 0 spiro atoms. The summed E-state index contributed by atoms with van der Waals surface area (Å²) in [6.07, 6.45) is 10.1. The lowest BCUT2D eigenvalue weighted by molar-refractivity contribution is -0.0418. The zero-order chi connectivity index (χ0) is 19.1. The third-order valence-electron chi connectivity index (χ3n) is 7.42. The number of nitrogens with zero attached hydrogens (tertiary/aromatic N) is 2. The number of rotatable bonds is 4. The molecule has 6 rings (SSSR count). The van der Waals surface area contributed by atoms with Crippen LogP contribution < -0.4 is 9.47 Å². The van der Waals surface area contributed by atoms with E-state index in [-0.39, 0.29) is 5.41 Å². The fourth-order valence-corrected chi connectivity index (χ4v) is 6.74. The Morgan fingerprint density at radius 2 is 1.04 bits per heavy atom. The first-order valence-electron chi connectivity index (χ1n) is 10.1. The lowest BCUT2D eigenvalue weighted by Crippen LogP contribution is -2.56. The van der Waals surface area contributed by atoms with Crippen LogP contribution in [0.15, 0.2) is 48.5 Å². The molecule has 4 heteroatoms. The summed E-state index contributed by atoms with van der Waals surface area (Å²) in [6, 6.07) is 16.3. The molecule has 0 aromatic heterocycles. The van der Waals surface area contributed by atoms with Gasteiger partial charge in [-0.05, 0) is 91.2 Å². The molecular formula is C24H22N2O2. The largest absolute Gasteiger partial charge is 0.388 e. The molecule has 4 nitrogen and oxygen atoms in total. The monoisotopic (exact) mass is 370 g/mol. The smallest absolute Gasteiger partial charge is 0.292 e. The number of benzene rings is 2. The molecule has 0 unspecified atom stereocenters. The van der Waals surface area contributed by atoms with E-state index >= 15 is 0 Å². The van der Waals surface area contributed by atoms with Gasteiger partial charge < -0.3 is 9.47 Å². The van der Waals surface area contributed by atoms with Gasteiger partial charge in [0.15, 0.2) is 0 Å². The second kappa shape index (κ2) is 6.57. The van der Waals surface area contributed by atoms with Crippen LogP contribution in [0.1, 0.15) is 43.2 Å². The van der Waals surface area contributed by atoms with E-state index in [2.05, 4.69) is 24.3 Å². The van der Waals surface area contributed by atoms with E-state index in [4.69, 9.17) is 20.0 Å². The van der Waals surface area contributed by atoms with Crippen LogP contribution in [0.2, 0.25) is 0 Å². The molecule has 2 aromatic rings. The Morgan fingerprint density at radius 3 is 1.39 bits per heavy atom. The fraction of sp³-hybridized carbons (Fsp3) is 0.417. The maximum absolute atomic E-state index is 8.79. The van der Waals surface area contributed by atoms with Crippen molar-refractivity contribution in [3.8, 4) is 24.0 Å². The van der Waals surface area contributed by atoms with Crippen LogP contribution in [0.5, 0.6) is 11.5 Å². The topological polar surface area (TPSA) is 66.0 Å². The maximum atomic E-state index is 8.79. The molecule has 28 heavy (non-hydrogen) atoms. The van der Waals surface area contributed by atoms with Gasteiger partial charge in [0.2, 0.25) is 0 Å². The minimum atomic E-state index is -0.0102. The third-order valence-corrected chi connectivity index (χ3v) is 7.42. The van der Waals surface area contributed by atoms with Gasteiger partial charge in [-0.1, -0.05) is 24.3 Å². The lowest BCUT2D eigenvalue weighted by Gasteiger charge is -2.62. The van der Waals surface area contributed by atoms with Gasteiger partial charge in [-0.3, -0.25) is 0 Å². The van der Waals surface area contributed by atoms with Gasteiger partial charge in [0.1, 0.15) is 11.5 Å². The van der Waals surface area contributed by atoms with E-state index < -0.39 is 0 Å². The number of hydrogen-bond acceptors (Lipinski definition) is 4. The average molecular weight is 370 g/mol. The molecule has 0 radical (unpaired) electrons. The van der Waals surface area contributed by atoms with Gasteiger partial charge in [0.05, 0.1) is 0 Å². The van der Waals surface area contributed by atoms with E-state index in [1.54, 1.807) is 12.5 Å². The van der Waals surface area contributed by atoms with Gasteiger partial charge in [-0.25, -0.2) is 0 Å². The van der Waals surface area contributed by atoms with Crippen molar-refractivity contribution in [2.24, 2.45) is 23.7 Å². The van der Waals surface area contributed by atoms with E-state index in [9.17, 15) is 0 Å². The summed E-state index contributed by atoms with van der Waals surface area (Å²) in [4.78, 5) is 0. The normalized spacial score (nSPS) is 28.9. The number of hydrogen-bond donors (Lipinski definition) is 0. The summed E-state index contributed by atoms with van der Waals surface area (Å²) in [5, 5.41) is 17.6. The quantitative estimate of drug-likeness (QED) is 0.698. The molecule has 4 aliphatic rings. The van der Waals surface area contributed by atoms with Crippen molar-refractivity contribution in [1.82, 2.24) is 0 Å². The predicted octanol–water partition coefficient (Wildman–Crippen LogP) is 5.15. The molecule has 4 fully saturated rings. The van der Waals surface area contributed by atoms with Crippen molar-refractivity contribution in [2.75, 3.05) is 0 Å². The predicted molar refractivity (Wildman–Crippen MR) is 103 cm³/mol. The standard InChI is InChI=1S/C24H22N2O2/c25-14-27-22-5-1-18(2-6-22)24(19-3-7-23(8-4-19)28-15-26)20-10-16-9-17(12-20)13-21(24)11-16/h1-8,16-17,20-21H,9-13H2. The zero-order valence-corrected chi connectivity index (χ0v) is 15.7. The van der Waals surface area contributed by atoms with Gasteiger partial charge in [-0.15, -0.1) is 10.5 Å². The van der Waals surface area contributed by atoms with Crippen LogP contribution in [-0.4, -0.2) is 0 Å². The SMILES string of the molecule is N#COc1ccc(C2(c3ccc(OC#N)cc3)C3CC4CC(C3)CC2C4)cc1. The van der Waals surface area contributed by atoms with E-state index in [0.717, 1.165) is 11.8 Å². The molecule has 4 bridgehead atoms. The van der Waals surface area contributed by atoms with Crippen molar-refractivity contribution in [3.05, 3.63) is 59.7 Å². The first kappa shape index (κ1) is 17.1. The number of nitriles is 2. The fourth-order valence-electron chi connectivity index (χ4n) is 6.74. The van der Waals surface area contributed by atoms with E-state index in [1.807, 2.05) is 24.3 Å². The average Bonchev–Trinajstić information content (AvgIpc) is 2.70. The Labute approximate surface area is 165 Å². The minimum Gasteiger partial charge on any atom is -0.388 e.